The summed E-state index contributed by atoms with van der Waals surface area (Å²) in [6.45, 7) is 2.24. The van der Waals surface area contributed by atoms with Crippen LogP contribution in [0, 0.1) is 0 Å². The van der Waals surface area contributed by atoms with Gasteiger partial charge in [0.2, 0.25) is 0 Å². The van der Waals surface area contributed by atoms with Crippen molar-refractivity contribution >= 4 is 19.8 Å². The number of aliphatic hydroxyl groups is 2. The highest BCUT2D eigenvalue weighted by Gasteiger charge is 2.27. The molecule has 0 saturated heterocycles. The Balaban J connectivity index is 3.86. The predicted octanol–water partition coefficient (Wildman–Crippen LogP) is 12.8. The van der Waals surface area contributed by atoms with Crippen LogP contribution in [-0.2, 0) is 32.7 Å². The van der Waals surface area contributed by atoms with Crippen LogP contribution >= 0.6 is 7.82 Å². The van der Waals surface area contributed by atoms with Gasteiger partial charge >= 0.3 is 19.8 Å². The van der Waals surface area contributed by atoms with Crippen LogP contribution in [0.1, 0.15) is 232 Å². The van der Waals surface area contributed by atoms with E-state index in [1.165, 1.54) is 148 Å². The summed E-state index contributed by atoms with van der Waals surface area (Å²) < 4.78 is 32.6. The van der Waals surface area contributed by atoms with E-state index in [2.05, 4.69) is 26.0 Å². The molecule has 0 spiro atoms. The predicted molar refractivity (Wildman–Crippen MR) is 233 cm³/mol. The number of hydrogen-bond donors (Lipinski definition) is 3. The second-order valence-corrected chi connectivity index (χ2v) is 17.6. The van der Waals surface area contributed by atoms with Crippen molar-refractivity contribution in [2.45, 2.75) is 244 Å². The molecule has 0 rings (SSSR count). The van der Waals surface area contributed by atoms with Crippen molar-refractivity contribution in [3.63, 3.8) is 0 Å². The summed E-state index contributed by atoms with van der Waals surface area (Å²) in [6, 6.07) is 0. The maximum absolute atomic E-state index is 12.4. The molecule has 57 heavy (non-hydrogen) atoms. The van der Waals surface area contributed by atoms with Crippen LogP contribution in [0.4, 0.5) is 0 Å². The van der Waals surface area contributed by atoms with Gasteiger partial charge in [0.25, 0.3) is 0 Å². The van der Waals surface area contributed by atoms with Crippen molar-refractivity contribution < 1.29 is 47.8 Å². The Morgan fingerprint density at radius 2 is 0.719 bits per heavy atom. The van der Waals surface area contributed by atoms with Crippen molar-refractivity contribution in [3.8, 4) is 0 Å². The van der Waals surface area contributed by atoms with Gasteiger partial charge in [0.15, 0.2) is 0 Å². The summed E-state index contributed by atoms with van der Waals surface area (Å²) in [7, 11) is -4.63. The number of carbonyl (C=O) groups excluding carboxylic acids is 2. The minimum Gasteiger partial charge on any atom is -0.457 e. The molecule has 10 nitrogen and oxygen atoms in total. The minimum atomic E-state index is -4.63. The van der Waals surface area contributed by atoms with E-state index in [-0.39, 0.29) is 12.8 Å². The van der Waals surface area contributed by atoms with Gasteiger partial charge in [0.1, 0.15) is 12.2 Å². The zero-order valence-corrected chi connectivity index (χ0v) is 37.7. The molecule has 0 bridgehead atoms. The van der Waals surface area contributed by atoms with Gasteiger partial charge in [0, 0.05) is 12.8 Å². The van der Waals surface area contributed by atoms with Gasteiger partial charge in [-0.25, -0.2) is 4.57 Å². The van der Waals surface area contributed by atoms with Gasteiger partial charge in [0.05, 0.1) is 26.4 Å². The smallest absolute Gasteiger partial charge is 0.457 e. The van der Waals surface area contributed by atoms with Crippen LogP contribution in [0.5, 0.6) is 0 Å². The number of unbranched alkanes of at least 4 members (excludes halogenated alkanes) is 29. The molecular weight excluding hydrogens is 743 g/mol. The van der Waals surface area contributed by atoms with Gasteiger partial charge in [-0.2, -0.15) is 0 Å². The van der Waals surface area contributed by atoms with Gasteiger partial charge in [-0.05, 0) is 38.5 Å². The number of rotatable bonds is 45. The molecular formula is C46H89O10P. The van der Waals surface area contributed by atoms with Crippen molar-refractivity contribution in [2.24, 2.45) is 0 Å². The summed E-state index contributed by atoms with van der Waals surface area (Å²) in [5.41, 5.74) is 0. The lowest BCUT2D eigenvalue weighted by Crippen LogP contribution is -2.28. The fraction of sp³-hybridized carbons (Fsp3) is 0.913. The topological polar surface area (TPSA) is 149 Å². The van der Waals surface area contributed by atoms with Crippen LogP contribution < -0.4 is 0 Å². The van der Waals surface area contributed by atoms with Crippen LogP contribution in [0.3, 0.4) is 0 Å². The van der Waals surface area contributed by atoms with Gasteiger partial charge in [-0.1, -0.05) is 193 Å². The molecule has 0 aliphatic heterocycles. The summed E-state index contributed by atoms with van der Waals surface area (Å²) in [5, 5.41) is 19.2. The maximum atomic E-state index is 12.4. The Bertz CT molecular complexity index is 961. The van der Waals surface area contributed by atoms with E-state index in [1.807, 2.05) is 0 Å². The quantitative estimate of drug-likeness (QED) is 0.0234. The first-order valence-electron chi connectivity index (χ1n) is 23.6. The first-order chi connectivity index (χ1) is 27.8. The number of phosphoric ester groups is 1. The van der Waals surface area contributed by atoms with E-state index in [9.17, 15) is 29.3 Å². The molecule has 11 heteroatoms. The Labute approximate surface area is 349 Å². The van der Waals surface area contributed by atoms with Crippen molar-refractivity contribution in [1.82, 2.24) is 0 Å². The summed E-state index contributed by atoms with van der Waals surface area (Å²) >= 11 is 0. The van der Waals surface area contributed by atoms with Crippen LogP contribution in [-0.4, -0.2) is 65.7 Å². The number of phosphoric acid groups is 1. The van der Waals surface area contributed by atoms with E-state index in [0.29, 0.717) is 12.8 Å². The van der Waals surface area contributed by atoms with E-state index >= 15 is 0 Å². The number of allylic oxidation sites excluding steroid dienone is 2. The Morgan fingerprint density at radius 1 is 0.456 bits per heavy atom. The van der Waals surface area contributed by atoms with Crippen molar-refractivity contribution in [1.29, 1.82) is 0 Å². The summed E-state index contributed by atoms with van der Waals surface area (Å²) in [6.07, 6.45) is 41.8. The average molecular weight is 833 g/mol. The zero-order chi connectivity index (χ0) is 41.9. The minimum absolute atomic E-state index is 0.191. The Kier molecular flexibility index (Phi) is 41.9. The molecule has 0 aromatic carbocycles. The molecule has 0 radical (unpaired) electrons. The normalized spacial score (nSPS) is 13.8. The lowest BCUT2D eigenvalue weighted by molar-refractivity contribution is -0.153. The molecule has 0 aromatic rings. The molecule has 3 atom stereocenters. The highest BCUT2D eigenvalue weighted by atomic mass is 31.2. The third-order valence-corrected chi connectivity index (χ3v) is 11.4. The molecule has 0 amide bonds. The molecule has 0 fully saturated rings. The molecule has 0 aliphatic rings. The number of carbonyl (C=O) groups is 2. The third-order valence-electron chi connectivity index (χ3n) is 10.5. The number of hydrogen-bond acceptors (Lipinski definition) is 9. The van der Waals surface area contributed by atoms with E-state index in [1.54, 1.807) is 0 Å². The Morgan fingerprint density at radius 3 is 1.00 bits per heavy atom. The lowest BCUT2D eigenvalue weighted by Gasteiger charge is -2.20. The molecule has 3 N–H and O–H groups in total. The van der Waals surface area contributed by atoms with E-state index < -0.39 is 58.4 Å². The standard InChI is InChI=1S/C46H89O10P/c1-3-5-7-9-11-13-15-17-19-21-22-24-26-28-30-32-34-36-38-46(50)56-44(40-48)42-54-57(51,52)53-41-43(39-47)55-45(49)37-35-33-31-29-27-25-23-20-18-16-14-12-10-8-6-4-2/h19,21,43-44,47-48H,3-18,20,22-42H2,1-2H3,(H,51,52)/b21-19-. The molecule has 3 unspecified atom stereocenters. The highest BCUT2D eigenvalue weighted by Crippen LogP contribution is 2.43. The third kappa shape index (κ3) is 41.2. The largest absolute Gasteiger partial charge is 0.472 e. The fourth-order valence-electron chi connectivity index (χ4n) is 6.82. The van der Waals surface area contributed by atoms with Crippen LogP contribution in [0.25, 0.3) is 0 Å². The van der Waals surface area contributed by atoms with Gasteiger partial charge in [-0.3, -0.25) is 18.6 Å². The molecule has 0 saturated carbocycles. The molecule has 0 aromatic heterocycles. The summed E-state index contributed by atoms with van der Waals surface area (Å²) in [5.74, 6) is -1.01. The first kappa shape index (κ1) is 55.7. The lowest BCUT2D eigenvalue weighted by atomic mass is 10.0. The molecule has 0 heterocycles. The SMILES string of the molecule is CCCCCCCCC/C=C\CCCCCCCCCC(=O)OC(CO)COP(=O)(O)OCC(CO)OC(=O)CCCCCCCCCCCCCCCCCC. The van der Waals surface area contributed by atoms with E-state index in [0.717, 1.165) is 44.9 Å². The first-order valence-corrected chi connectivity index (χ1v) is 25.1. The van der Waals surface area contributed by atoms with Crippen LogP contribution in [0.2, 0.25) is 0 Å². The second kappa shape index (κ2) is 42.8. The van der Waals surface area contributed by atoms with Gasteiger partial charge in [-0.15, -0.1) is 0 Å². The second-order valence-electron chi connectivity index (χ2n) is 16.1. The Hall–Kier alpha value is -1.29. The highest BCUT2D eigenvalue weighted by molar-refractivity contribution is 7.47. The number of esters is 2. The molecule has 338 valence electrons. The van der Waals surface area contributed by atoms with E-state index in [4.69, 9.17) is 18.5 Å². The number of ether oxygens (including phenoxy) is 2. The van der Waals surface area contributed by atoms with Crippen molar-refractivity contribution in [2.75, 3.05) is 26.4 Å². The maximum Gasteiger partial charge on any atom is 0.472 e. The van der Waals surface area contributed by atoms with Crippen LogP contribution in [0.15, 0.2) is 12.2 Å². The van der Waals surface area contributed by atoms with Gasteiger partial charge < -0.3 is 24.6 Å². The zero-order valence-electron chi connectivity index (χ0n) is 36.8. The summed E-state index contributed by atoms with van der Waals surface area (Å²) in [4.78, 5) is 34.6. The fourth-order valence-corrected chi connectivity index (χ4v) is 7.60. The number of aliphatic hydroxyl groups excluding tert-OH is 2. The van der Waals surface area contributed by atoms with Crippen molar-refractivity contribution in [3.05, 3.63) is 12.2 Å². The molecule has 0 aliphatic carbocycles. The monoisotopic (exact) mass is 833 g/mol. The average Bonchev–Trinajstić information content (AvgIpc) is 3.20.